The number of nitrogens with two attached hydrogens (primary N) is 1. The van der Waals surface area contributed by atoms with Gasteiger partial charge in [0.15, 0.2) is 0 Å². The molecule has 1 unspecified atom stereocenters. The van der Waals surface area contributed by atoms with Crippen molar-refractivity contribution in [3.8, 4) is 0 Å². The topological polar surface area (TPSA) is 58.9 Å². The van der Waals surface area contributed by atoms with Crippen molar-refractivity contribution in [1.82, 2.24) is 4.98 Å². The van der Waals surface area contributed by atoms with Gasteiger partial charge < -0.3 is 10.7 Å². The maximum atomic E-state index is 11.0. The third-order valence-corrected chi connectivity index (χ3v) is 3.47. The van der Waals surface area contributed by atoms with Gasteiger partial charge in [-0.3, -0.25) is 4.79 Å². The number of nitrogens with one attached hydrogen (secondary N) is 1. The molecule has 1 heterocycles. The first-order valence-corrected chi connectivity index (χ1v) is 5.05. The monoisotopic (exact) mass is 184 g/mol. The van der Waals surface area contributed by atoms with E-state index < -0.39 is 0 Å². The van der Waals surface area contributed by atoms with Crippen LogP contribution in [0, 0.1) is 0 Å². The SMILES string of the molecule is NCCC1CCc2[nH]c(=O)sc21. The van der Waals surface area contributed by atoms with Crippen molar-refractivity contribution in [3.63, 3.8) is 0 Å². The summed E-state index contributed by atoms with van der Waals surface area (Å²) in [5.74, 6) is 0.550. The largest absolute Gasteiger partial charge is 0.330 e. The highest BCUT2D eigenvalue weighted by Crippen LogP contribution is 2.35. The van der Waals surface area contributed by atoms with Crippen LogP contribution in [0.2, 0.25) is 0 Å². The van der Waals surface area contributed by atoms with Gasteiger partial charge in [-0.15, -0.1) is 0 Å². The molecule has 0 saturated heterocycles. The fourth-order valence-corrected chi connectivity index (χ4v) is 2.87. The van der Waals surface area contributed by atoms with E-state index in [2.05, 4.69) is 4.98 Å². The lowest BCUT2D eigenvalue weighted by molar-refractivity contribution is 0.633. The van der Waals surface area contributed by atoms with E-state index in [1.54, 1.807) is 0 Å². The number of fused-ring (bicyclic) bond motifs is 1. The molecule has 12 heavy (non-hydrogen) atoms. The predicted molar refractivity (Wildman–Crippen MR) is 49.7 cm³/mol. The molecule has 0 fully saturated rings. The Balaban J connectivity index is 2.28. The minimum atomic E-state index is 0.0849. The Morgan fingerprint density at radius 3 is 3.25 bits per heavy atom. The van der Waals surface area contributed by atoms with Gasteiger partial charge in [0.25, 0.3) is 0 Å². The number of aromatic nitrogens is 1. The van der Waals surface area contributed by atoms with Crippen molar-refractivity contribution in [2.75, 3.05) is 6.54 Å². The minimum Gasteiger partial charge on any atom is -0.330 e. The van der Waals surface area contributed by atoms with Crippen LogP contribution in [0.3, 0.4) is 0 Å². The molecule has 66 valence electrons. The zero-order valence-corrected chi connectivity index (χ0v) is 7.62. The van der Waals surface area contributed by atoms with Crippen molar-refractivity contribution in [2.45, 2.75) is 25.2 Å². The molecule has 1 aromatic rings. The van der Waals surface area contributed by atoms with E-state index in [0.29, 0.717) is 5.92 Å². The van der Waals surface area contributed by atoms with Crippen LogP contribution in [0.25, 0.3) is 0 Å². The lowest BCUT2D eigenvalue weighted by atomic mass is 10.1. The lowest BCUT2D eigenvalue weighted by Gasteiger charge is -2.04. The smallest absolute Gasteiger partial charge is 0.304 e. The first-order chi connectivity index (χ1) is 5.81. The van der Waals surface area contributed by atoms with Gasteiger partial charge in [-0.1, -0.05) is 11.3 Å². The first kappa shape index (κ1) is 8.01. The van der Waals surface area contributed by atoms with E-state index in [9.17, 15) is 4.79 Å². The first-order valence-electron chi connectivity index (χ1n) is 4.23. The summed E-state index contributed by atoms with van der Waals surface area (Å²) >= 11 is 1.36. The number of H-pyrrole nitrogens is 1. The molecule has 0 saturated carbocycles. The average Bonchev–Trinajstić information content (AvgIpc) is 2.52. The fraction of sp³-hybridized carbons (Fsp3) is 0.625. The molecule has 0 bridgehead atoms. The quantitative estimate of drug-likeness (QED) is 0.714. The molecule has 1 aliphatic carbocycles. The van der Waals surface area contributed by atoms with E-state index >= 15 is 0 Å². The predicted octanol–water partition coefficient (Wildman–Crippen LogP) is 0.815. The number of hydrogen-bond donors (Lipinski definition) is 2. The van der Waals surface area contributed by atoms with Gasteiger partial charge in [0.05, 0.1) is 0 Å². The second kappa shape index (κ2) is 3.03. The average molecular weight is 184 g/mol. The molecule has 2 rings (SSSR count). The van der Waals surface area contributed by atoms with Crippen molar-refractivity contribution < 1.29 is 0 Å². The van der Waals surface area contributed by atoms with Gasteiger partial charge >= 0.3 is 4.87 Å². The highest BCUT2D eigenvalue weighted by Gasteiger charge is 2.24. The van der Waals surface area contributed by atoms with E-state index in [4.69, 9.17) is 5.73 Å². The van der Waals surface area contributed by atoms with E-state index in [1.165, 1.54) is 16.2 Å². The van der Waals surface area contributed by atoms with Crippen LogP contribution < -0.4 is 10.6 Å². The molecule has 1 aromatic heterocycles. The summed E-state index contributed by atoms with van der Waals surface area (Å²) in [4.78, 5) is 15.2. The second-order valence-corrected chi connectivity index (χ2v) is 4.19. The Morgan fingerprint density at radius 1 is 1.67 bits per heavy atom. The molecule has 0 amide bonds. The van der Waals surface area contributed by atoms with E-state index in [-0.39, 0.29) is 4.87 Å². The van der Waals surface area contributed by atoms with Gasteiger partial charge in [-0.05, 0) is 31.7 Å². The summed E-state index contributed by atoms with van der Waals surface area (Å²) in [6.07, 6.45) is 3.20. The Hall–Kier alpha value is -0.610. The number of aryl methyl sites for hydroxylation is 1. The third kappa shape index (κ3) is 1.21. The third-order valence-electron chi connectivity index (χ3n) is 2.38. The molecule has 1 atom stereocenters. The Kier molecular flexibility index (Phi) is 2.02. The Morgan fingerprint density at radius 2 is 2.50 bits per heavy atom. The number of hydrogen-bond acceptors (Lipinski definition) is 3. The summed E-state index contributed by atoms with van der Waals surface area (Å²) in [5.41, 5.74) is 6.64. The highest BCUT2D eigenvalue weighted by molar-refractivity contribution is 7.09. The summed E-state index contributed by atoms with van der Waals surface area (Å²) < 4.78 is 0. The minimum absolute atomic E-state index is 0.0849. The van der Waals surface area contributed by atoms with E-state index in [1.807, 2.05) is 0 Å². The molecule has 0 spiro atoms. The van der Waals surface area contributed by atoms with Gasteiger partial charge in [-0.2, -0.15) is 0 Å². The highest BCUT2D eigenvalue weighted by atomic mass is 32.1. The molecular weight excluding hydrogens is 172 g/mol. The van der Waals surface area contributed by atoms with Crippen LogP contribution in [-0.2, 0) is 6.42 Å². The van der Waals surface area contributed by atoms with Crippen molar-refractivity contribution in [3.05, 3.63) is 20.2 Å². The number of aromatic amines is 1. The van der Waals surface area contributed by atoms with Crippen LogP contribution in [0.1, 0.15) is 29.3 Å². The van der Waals surface area contributed by atoms with Crippen LogP contribution >= 0.6 is 11.3 Å². The second-order valence-electron chi connectivity index (χ2n) is 3.17. The summed E-state index contributed by atoms with van der Waals surface area (Å²) in [7, 11) is 0. The number of thiazole rings is 1. The maximum absolute atomic E-state index is 11.0. The van der Waals surface area contributed by atoms with Crippen LogP contribution in [0.5, 0.6) is 0 Å². The van der Waals surface area contributed by atoms with Crippen LogP contribution in [0.4, 0.5) is 0 Å². The van der Waals surface area contributed by atoms with Crippen molar-refractivity contribution >= 4 is 11.3 Å². The Bertz CT molecular complexity index is 328. The lowest BCUT2D eigenvalue weighted by Crippen LogP contribution is -2.04. The maximum Gasteiger partial charge on any atom is 0.304 e. The molecule has 0 aromatic carbocycles. The van der Waals surface area contributed by atoms with Gasteiger partial charge in [0.1, 0.15) is 0 Å². The zero-order chi connectivity index (χ0) is 8.55. The van der Waals surface area contributed by atoms with Gasteiger partial charge in [0, 0.05) is 10.6 Å². The molecule has 0 radical (unpaired) electrons. The number of rotatable bonds is 2. The fourth-order valence-electron chi connectivity index (χ4n) is 1.81. The zero-order valence-electron chi connectivity index (χ0n) is 6.80. The molecule has 0 aliphatic heterocycles. The van der Waals surface area contributed by atoms with Gasteiger partial charge in [0.2, 0.25) is 0 Å². The summed E-state index contributed by atoms with van der Waals surface area (Å²) in [5, 5.41) is 0. The Labute approximate surface area is 74.6 Å². The van der Waals surface area contributed by atoms with Crippen LogP contribution in [0.15, 0.2) is 4.79 Å². The van der Waals surface area contributed by atoms with Crippen molar-refractivity contribution in [1.29, 1.82) is 0 Å². The van der Waals surface area contributed by atoms with E-state index in [0.717, 1.165) is 31.5 Å². The molecule has 1 aliphatic rings. The van der Waals surface area contributed by atoms with Crippen LogP contribution in [-0.4, -0.2) is 11.5 Å². The van der Waals surface area contributed by atoms with Crippen molar-refractivity contribution in [2.24, 2.45) is 5.73 Å². The molecule has 3 nitrogen and oxygen atoms in total. The summed E-state index contributed by atoms with van der Waals surface area (Å²) in [6, 6.07) is 0. The normalized spacial score (nSPS) is 21.2. The van der Waals surface area contributed by atoms with Gasteiger partial charge in [-0.25, -0.2) is 0 Å². The molecule has 3 N–H and O–H groups in total. The molecular formula is C8H12N2OS. The molecule has 4 heteroatoms. The standard InChI is InChI=1S/C8H12N2OS/c9-4-3-5-1-2-6-7(5)12-8(11)10-6/h5H,1-4,9H2,(H,10,11). The summed E-state index contributed by atoms with van der Waals surface area (Å²) in [6.45, 7) is 0.718.